The monoisotopic (exact) mass is 342 g/mol. The molecule has 2 aromatic heterocycles. The summed E-state index contributed by atoms with van der Waals surface area (Å²) in [5.41, 5.74) is 1.57. The van der Waals surface area contributed by atoms with Gasteiger partial charge in [-0.05, 0) is 17.7 Å². The van der Waals surface area contributed by atoms with Crippen molar-refractivity contribution in [1.29, 1.82) is 0 Å². The molecule has 1 amide bonds. The lowest BCUT2D eigenvalue weighted by Crippen LogP contribution is -2.13. The molecule has 0 aliphatic rings. The molecule has 2 heterocycles. The second-order valence-corrected chi connectivity index (χ2v) is 5.70. The van der Waals surface area contributed by atoms with Gasteiger partial charge in [-0.15, -0.1) is 0 Å². The van der Waals surface area contributed by atoms with Gasteiger partial charge in [0.25, 0.3) is 0 Å². The molecule has 1 N–H and O–H groups in total. The molecule has 0 saturated heterocycles. The molecule has 8 heteroatoms. The quantitative estimate of drug-likeness (QED) is 0.765. The minimum absolute atomic E-state index is 0.165. The third-order valence-corrected chi connectivity index (χ3v) is 3.99. The van der Waals surface area contributed by atoms with Crippen LogP contribution in [0.4, 0.5) is 9.93 Å². The molecule has 3 aromatic rings. The Bertz CT molecular complexity index is 806. The summed E-state index contributed by atoms with van der Waals surface area (Å²) in [5, 5.41) is 3.04. The van der Waals surface area contributed by atoms with Gasteiger partial charge in [-0.3, -0.25) is 15.3 Å². The van der Waals surface area contributed by atoms with E-state index in [-0.39, 0.29) is 6.61 Å². The predicted octanol–water partition coefficient (Wildman–Crippen LogP) is 3.36. The maximum absolute atomic E-state index is 11.8. The number of carbonyl (C=O) groups excluding carboxylic acids is 1. The summed E-state index contributed by atoms with van der Waals surface area (Å²) in [5.74, 6) is 0.752. The largest absolute Gasteiger partial charge is 0.497 e. The summed E-state index contributed by atoms with van der Waals surface area (Å²) in [6.45, 7) is 0.165. The second kappa shape index (κ2) is 7.51. The Morgan fingerprint density at radius 3 is 2.71 bits per heavy atom. The number of hydrogen-bond donors (Lipinski definition) is 1. The average molecular weight is 342 g/mol. The van der Waals surface area contributed by atoms with Crippen LogP contribution in [-0.4, -0.2) is 28.2 Å². The van der Waals surface area contributed by atoms with Crippen LogP contribution in [0, 0.1) is 0 Å². The first kappa shape index (κ1) is 15.9. The van der Waals surface area contributed by atoms with Crippen molar-refractivity contribution in [2.45, 2.75) is 6.61 Å². The first-order valence-corrected chi connectivity index (χ1v) is 7.85. The van der Waals surface area contributed by atoms with Gasteiger partial charge in [0.1, 0.15) is 18.1 Å². The number of amides is 1. The number of nitrogens with zero attached hydrogens (tertiary/aromatic N) is 3. The smallest absolute Gasteiger partial charge is 0.413 e. The zero-order valence-electron chi connectivity index (χ0n) is 12.8. The lowest BCUT2D eigenvalue weighted by atomic mass is 10.2. The van der Waals surface area contributed by atoms with Crippen LogP contribution in [0.2, 0.25) is 0 Å². The molecule has 0 radical (unpaired) electrons. The Kier molecular flexibility index (Phi) is 4.97. The molecule has 1 aromatic carbocycles. The Morgan fingerprint density at radius 1 is 1.17 bits per heavy atom. The van der Waals surface area contributed by atoms with Crippen molar-refractivity contribution < 1.29 is 14.3 Å². The van der Waals surface area contributed by atoms with Crippen molar-refractivity contribution in [3.05, 3.63) is 54.6 Å². The molecule has 7 nitrogen and oxygen atoms in total. The minimum Gasteiger partial charge on any atom is -0.497 e. The van der Waals surface area contributed by atoms with Crippen LogP contribution < -0.4 is 10.1 Å². The Morgan fingerprint density at radius 2 is 2.00 bits per heavy atom. The number of thiazole rings is 1. The molecule has 0 aliphatic carbocycles. The zero-order valence-corrected chi connectivity index (χ0v) is 13.6. The summed E-state index contributed by atoms with van der Waals surface area (Å²) in [4.78, 5) is 25.0. The van der Waals surface area contributed by atoms with Gasteiger partial charge in [-0.1, -0.05) is 23.5 Å². The van der Waals surface area contributed by atoms with Gasteiger partial charge in [0.2, 0.25) is 0 Å². The first-order valence-electron chi connectivity index (χ1n) is 7.03. The fraction of sp³-hybridized carbons (Fsp3) is 0.125. The van der Waals surface area contributed by atoms with Crippen LogP contribution in [0.3, 0.4) is 0 Å². The van der Waals surface area contributed by atoms with Crippen LogP contribution in [0.25, 0.3) is 10.6 Å². The Balaban J connectivity index is 1.54. The molecule has 0 aliphatic heterocycles. The Hall–Kier alpha value is -3.00. The van der Waals surface area contributed by atoms with Gasteiger partial charge >= 0.3 is 6.09 Å². The molecule has 0 unspecified atom stereocenters. The van der Waals surface area contributed by atoms with E-state index in [4.69, 9.17) is 9.47 Å². The maximum atomic E-state index is 11.8. The average Bonchev–Trinajstić information content (AvgIpc) is 3.09. The van der Waals surface area contributed by atoms with E-state index in [0.29, 0.717) is 10.8 Å². The number of nitrogens with one attached hydrogen (secondary N) is 1. The van der Waals surface area contributed by atoms with Crippen LogP contribution in [0.15, 0.2) is 49.1 Å². The SMILES string of the molecule is COc1ccc(COC(=O)Nc2ncc(-c3cnccn3)s2)cc1. The Labute approximate surface area is 142 Å². The number of anilines is 1. The number of aromatic nitrogens is 3. The highest BCUT2D eigenvalue weighted by Gasteiger charge is 2.10. The van der Waals surface area contributed by atoms with Gasteiger partial charge in [0.15, 0.2) is 5.13 Å². The van der Waals surface area contributed by atoms with Crippen molar-refractivity contribution in [2.75, 3.05) is 12.4 Å². The molecule has 122 valence electrons. The number of carbonyl (C=O) groups is 1. The highest BCUT2D eigenvalue weighted by atomic mass is 32.1. The molecule has 0 bridgehead atoms. The molecule has 24 heavy (non-hydrogen) atoms. The van der Waals surface area contributed by atoms with Gasteiger partial charge in [-0.2, -0.15) is 0 Å². The number of ether oxygens (including phenoxy) is 2. The van der Waals surface area contributed by atoms with E-state index in [9.17, 15) is 4.79 Å². The van der Waals surface area contributed by atoms with Crippen molar-refractivity contribution in [2.24, 2.45) is 0 Å². The standard InChI is InChI=1S/C16H14N4O3S/c1-22-12-4-2-11(3-5-12)10-23-16(21)20-15-19-9-14(24-15)13-8-17-6-7-18-13/h2-9H,10H2,1H3,(H,19,20,21). The van der Waals surface area contributed by atoms with Crippen LogP contribution in [-0.2, 0) is 11.3 Å². The van der Waals surface area contributed by atoms with Crippen LogP contribution in [0.5, 0.6) is 5.75 Å². The molecule has 3 rings (SSSR count). The van der Waals surface area contributed by atoms with Crippen LogP contribution in [0.1, 0.15) is 5.56 Å². The van der Waals surface area contributed by atoms with Gasteiger partial charge < -0.3 is 9.47 Å². The normalized spacial score (nSPS) is 10.2. The lowest BCUT2D eigenvalue weighted by Gasteiger charge is -2.05. The summed E-state index contributed by atoms with van der Waals surface area (Å²) >= 11 is 1.30. The maximum Gasteiger partial charge on any atom is 0.413 e. The summed E-state index contributed by atoms with van der Waals surface area (Å²) in [7, 11) is 1.60. The minimum atomic E-state index is -0.564. The van der Waals surface area contributed by atoms with Crippen molar-refractivity contribution in [3.63, 3.8) is 0 Å². The number of benzene rings is 1. The van der Waals surface area contributed by atoms with Crippen molar-refractivity contribution in [1.82, 2.24) is 15.0 Å². The van der Waals surface area contributed by atoms with E-state index in [0.717, 1.165) is 16.2 Å². The molecule has 0 saturated carbocycles. The van der Waals surface area contributed by atoms with E-state index >= 15 is 0 Å². The first-order chi connectivity index (χ1) is 11.7. The van der Waals surface area contributed by atoms with Crippen LogP contribution >= 0.6 is 11.3 Å². The van der Waals surface area contributed by atoms with Crippen molar-refractivity contribution in [3.8, 4) is 16.3 Å². The van der Waals surface area contributed by atoms with Gasteiger partial charge in [-0.25, -0.2) is 9.78 Å². The lowest BCUT2D eigenvalue weighted by molar-refractivity contribution is 0.155. The van der Waals surface area contributed by atoms with Crippen molar-refractivity contribution >= 4 is 22.6 Å². The molecule has 0 spiro atoms. The van der Waals surface area contributed by atoms with E-state index in [1.165, 1.54) is 11.3 Å². The number of methoxy groups -OCH3 is 1. The highest BCUT2D eigenvalue weighted by Crippen LogP contribution is 2.26. The van der Waals surface area contributed by atoms with Gasteiger partial charge in [0, 0.05) is 18.6 Å². The second-order valence-electron chi connectivity index (χ2n) is 4.67. The molecular weight excluding hydrogens is 328 g/mol. The number of hydrogen-bond acceptors (Lipinski definition) is 7. The molecule has 0 atom stereocenters. The summed E-state index contributed by atoms with van der Waals surface area (Å²) < 4.78 is 10.2. The third-order valence-electron chi connectivity index (χ3n) is 3.06. The highest BCUT2D eigenvalue weighted by molar-refractivity contribution is 7.19. The van der Waals surface area contributed by atoms with E-state index in [1.54, 1.807) is 31.9 Å². The predicted molar refractivity (Wildman–Crippen MR) is 89.9 cm³/mol. The fourth-order valence-corrected chi connectivity index (χ4v) is 2.63. The zero-order chi connectivity index (χ0) is 16.8. The summed E-state index contributed by atoms with van der Waals surface area (Å²) in [6.07, 6.45) is 5.91. The molecule has 0 fully saturated rings. The molecular formula is C16H14N4O3S. The van der Waals surface area contributed by atoms with E-state index < -0.39 is 6.09 Å². The topological polar surface area (TPSA) is 86.2 Å². The third kappa shape index (κ3) is 4.05. The fourth-order valence-electron chi connectivity index (χ4n) is 1.87. The van der Waals surface area contributed by atoms with E-state index in [2.05, 4.69) is 20.3 Å². The summed E-state index contributed by atoms with van der Waals surface area (Å²) in [6, 6.07) is 7.29. The van der Waals surface area contributed by atoms with E-state index in [1.807, 2.05) is 24.3 Å². The number of rotatable bonds is 5. The van der Waals surface area contributed by atoms with Gasteiger partial charge in [0.05, 0.1) is 18.2 Å².